The van der Waals surface area contributed by atoms with Gasteiger partial charge in [-0.15, -0.1) is 0 Å². The van der Waals surface area contributed by atoms with E-state index in [1.807, 2.05) is 0 Å². The molecule has 0 fully saturated rings. The summed E-state index contributed by atoms with van der Waals surface area (Å²) in [5.74, 6) is -255. The summed E-state index contributed by atoms with van der Waals surface area (Å²) < 4.78 is 841. The van der Waals surface area contributed by atoms with Crippen molar-refractivity contribution in [3.05, 3.63) is 23.3 Å². The third kappa shape index (κ3) is 10.8. The molecule has 0 aromatic carbocycles. The van der Waals surface area contributed by atoms with Gasteiger partial charge in [0.15, 0.2) is 0 Å². The zero-order valence-corrected chi connectivity index (χ0v) is 38.8. The van der Waals surface area contributed by atoms with E-state index >= 15 is 52.7 Å². The van der Waals surface area contributed by atoms with Crippen LogP contribution in [0.2, 0.25) is 0 Å². The second-order valence-electron chi connectivity index (χ2n) is 17.0. The smallest absolute Gasteiger partial charge is 0.195 e. The maximum atomic E-state index is 15.8. The lowest BCUT2D eigenvalue weighted by Crippen LogP contribution is -2.75. The van der Waals surface area contributed by atoms with Gasteiger partial charge in [-0.1, -0.05) is 0 Å². The molecular formula is C32H2F60. The zero-order valence-electron chi connectivity index (χ0n) is 38.8. The van der Waals surface area contributed by atoms with Crippen molar-refractivity contribution in [1.29, 1.82) is 0 Å². The van der Waals surface area contributed by atoms with Gasteiger partial charge in [-0.3, -0.25) is 0 Å². The molecule has 0 nitrogen and oxygen atoms in total. The molecule has 0 N–H and O–H groups in total. The first kappa shape index (κ1) is 87.3. The molecule has 0 bridgehead atoms. The second kappa shape index (κ2) is 21.4. The van der Waals surface area contributed by atoms with Crippen LogP contribution in [0.15, 0.2) is 23.3 Å². The van der Waals surface area contributed by atoms with Gasteiger partial charge in [-0.2, -0.15) is 263 Å². The summed E-state index contributed by atoms with van der Waals surface area (Å²) in [6, 6.07) is 0. The first-order valence-electron chi connectivity index (χ1n) is 19.2. The Balaban J connectivity index is 11.3. The molecule has 0 aliphatic heterocycles. The molecule has 0 aliphatic rings. The van der Waals surface area contributed by atoms with Gasteiger partial charge < -0.3 is 0 Å². The first-order chi connectivity index (χ1) is 38.4. The molecule has 0 unspecified atom stereocenters. The molecule has 0 aromatic rings. The van der Waals surface area contributed by atoms with E-state index in [9.17, 15) is 211 Å². The molecule has 0 heterocycles. The van der Waals surface area contributed by atoms with Crippen molar-refractivity contribution in [2.24, 2.45) is 0 Å². The van der Waals surface area contributed by atoms with Crippen LogP contribution in [0.5, 0.6) is 0 Å². The minimum atomic E-state index is -11.5. The Labute approximate surface area is 455 Å². The third-order valence-electron chi connectivity index (χ3n) is 11.0. The zero-order chi connectivity index (χ0) is 76.6. The van der Waals surface area contributed by atoms with Crippen molar-refractivity contribution in [3.63, 3.8) is 0 Å². The van der Waals surface area contributed by atoms with E-state index in [-0.39, 0.29) is 0 Å². The monoisotopic (exact) mass is 1530 g/mol. The van der Waals surface area contributed by atoms with E-state index in [1.165, 1.54) is 0 Å². The van der Waals surface area contributed by atoms with Gasteiger partial charge in [0, 0.05) is 23.3 Å². The van der Waals surface area contributed by atoms with Crippen LogP contribution in [0.4, 0.5) is 263 Å². The molecule has 60 heteroatoms. The van der Waals surface area contributed by atoms with Crippen LogP contribution >= 0.6 is 0 Å². The number of hydrogen-bond donors (Lipinski definition) is 0. The van der Waals surface area contributed by atoms with Crippen LogP contribution in [0.3, 0.4) is 0 Å². The maximum Gasteiger partial charge on any atom is 0.460 e. The Hall–Kier alpha value is -4.72. The van der Waals surface area contributed by atoms with Crippen LogP contribution in [0, 0.1) is 0 Å². The van der Waals surface area contributed by atoms with E-state index in [2.05, 4.69) is 0 Å². The Bertz CT molecular complexity index is 2520. The lowest BCUT2D eigenvalue weighted by Gasteiger charge is -2.45. The SMILES string of the molecule is FC(F)(F)C(F)(F)C(F)(F)C(F)(F)C(F)(F)C(F)(F)C=C(C(=CC(F)(F)C(F)(F)C(F)(F)C(F)(F)C(F)(F)C(F)(F)F)C(F)(F)C(F)(F)C(F)(F)C(F)(F)C(F)(F)C(F)(F)C(F)(F)C(F)(F)F)C(F)(F)C(F)(F)C(F)(F)C(F)(F)C(F)(F)C(F)(F)C(F)(F)C(F)(F)F. The van der Waals surface area contributed by atoms with E-state index < -0.39 is 190 Å². The summed E-state index contributed by atoms with van der Waals surface area (Å²) in [5, 5.41) is 0. The highest BCUT2D eigenvalue weighted by Gasteiger charge is 2.99. The predicted molar refractivity (Wildman–Crippen MR) is 159 cm³/mol. The molecule has 0 rings (SSSR count). The van der Waals surface area contributed by atoms with Crippen LogP contribution in [0.25, 0.3) is 0 Å². The summed E-state index contributed by atoms with van der Waals surface area (Å²) >= 11 is 0. The van der Waals surface area contributed by atoms with Gasteiger partial charge in [0.05, 0.1) is 0 Å². The Morgan fingerprint density at radius 2 is 0.217 bits per heavy atom. The van der Waals surface area contributed by atoms with E-state index in [1.54, 1.807) is 0 Å². The highest BCUT2D eigenvalue weighted by atomic mass is 19.5. The number of rotatable bonds is 25. The molecular weight excluding hydrogens is 1520 g/mol. The molecule has 0 aromatic heterocycles. The van der Waals surface area contributed by atoms with Gasteiger partial charge in [-0.05, 0) is 0 Å². The summed E-state index contributed by atoms with van der Waals surface area (Å²) in [5.41, 5.74) is -16.6. The topological polar surface area (TPSA) is 0 Å². The highest BCUT2D eigenvalue weighted by molar-refractivity contribution is 5.49. The Morgan fingerprint density at radius 3 is 0.337 bits per heavy atom. The molecule has 0 aliphatic carbocycles. The summed E-state index contributed by atoms with van der Waals surface area (Å²) in [7, 11) is 0. The maximum absolute atomic E-state index is 15.8. The quantitative estimate of drug-likeness (QED) is 0.0631. The summed E-state index contributed by atoms with van der Waals surface area (Å²) in [6.45, 7) is 0. The third-order valence-corrected chi connectivity index (χ3v) is 11.0. The minimum Gasteiger partial charge on any atom is -0.195 e. The standard InChI is InChI=1S/C32H2F60/c33-5(34,9(41,42)13(49,50)21(65,66)25(73,74)29(81,82)83)1-3(7(37,38)11(45,46)15(53,54)17(57,58)19(61,62)23(69,70)27(77,78)31(87,88)89)4(2-6(35,36)10(43,44)14(51,52)22(67,68)26(75,76)30(84,85)86)8(39,40)12(47,48)16(55,56)18(59,60)20(63,64)24(71,72)28(79,80)32(90,91)92/h1-2H. The van der Waals surface area contributed by atoms with Gasteiger partial charge in [0.2, 0.25) is 0 Å². The number of alkyl halides is 60. The second-order valence-corrected chi connectivity index (χ2v) is 17.0. The van der Waals surface area contributed by atoms with Crippen molar-refractivity contribution < 1.29 is 263 Å². The fourth-order valence-electron chi connectivity index (χ4n) is 5.45. The van der Waals surface area contributed by atoms with Crippen molar-refractivity contribution in [3.8, 4) is 0 Å². The average Bonchev–Trinajstić information content (AvgIpc) is 0.700. The van der Waals surface area contributed by atoms with Crippen LogP contribution in [-0.2, 0) is 0 Å². The van der Waals surface area contributed by atoms with Crippen LogP contribution < -0.4 is 0 Å². The molecule has 0 amide bonds. The van der Waals surface area contributed by atoms with Gasteiger partial charge in [0.25, 0.3) is 0 Å². The molecule has 0 atom stereocenters. The normalized spacial score (nSPS) is 17.7. The lowest BCUT2D eigenvalue weighted by molar-refractivity contribution is -0.461. The first-order valence-corrected chi connectivity index (χ1v) is 19.2. The molecule has 0 saturated carbocycles. The van der Waals surface area contributed by atoms with Crippen LogP contribution in [-0.4, -0.2) is 167 Å². The fraction of sp³-hybridized carbons (Fsp3) is 0.875. The molecule has 92 heavy (non-hydrogen) atoms. The van der Waals surface area contributed by atoms with E-state index in [4.69, 9.17) is 0 Å². The Kier molecular flexibility index (Phi) is 20.3. The predicted octanol–water partition coefficient (Wildman–Crippen LogP) is 20.3. The number of hydrogen-bond acceptors (Lipinski definition) is 0. The average molecular weight is 1530 g/mol. The summed E-state index contributed by atoms with van der Waals surface area (Å²) in [6.07, 6.45) is -47.8. The van der Waals surface area contributed by atoms with E-state index in [0.29, 0.717) is 0 Å². The number of allylic oxidation sites excluding steroid dienone is 4. The molecule has 0 spiro atoms. The van der Waals surface area contributed by atoms with Crippen LogP contribution in [0.1, 0.15) is 0 Å². The fourth-order valence-corrected chi connectivity index (χ4v) is 5.45. The van der Waals surface area contributed by atoms with Gasteiger partial charge >= 0.3 is 167 Å². The largest absolute Gasteiger partial charge is 0.460 e. The highest BCUT2D eigenvalue weighted by Crippen LogP contribution is 2.71. The van der Waals surface area contributed by atoms with Crippen molar-refractivity contribution >= 4 is 0 Å². The summed E-state index contributed by atoms with van der Waals surface area (Å²) in [4.78, 5) is 0. The lowest BCUT2D eigenvalue weighted by atomic mass is 9.79. The van der Waals surface area contributed by atoms with Crippen molar-refractivity contribution in [1.82, 2.24) is 0 Å². The van der Waals surface area contributed by atoms with E-state index in [0.717, 1.165) is 0 Å². The van der Waals surface area contributed by atoms with Gasteiger partial charge in [-0.25, -0.2) is 0 Å². The minimum absolute atomic E-state index is 5.78. The van der Waals surface area contributed by atoms with Crippen molar-refractivity contribution in [2.45, 2.75) is 167 Å². The van der Waals surface area contributed by atoms with Gasteiger partial charge in [0.1, 0.15) is 0 Å². The molecule has 0 saturated heterocycles. The van der Waals surface area contributed by atoms with Crippen molar-refractivity contribution in [2.75, 3.05) is 0 Å². The molecule has 0 radical (unpaired) electrons. The molecule has 550 valence electrons. The Morgan fingerprint density at radius 1 is 0.120 bits per heavy atom. The number of halogens is 60.